The zero-order valence-corrected chi connectivity index (χ0v) is 15.6. The number of fused-ring (bicyclic) bond motifs is 1. The molecule has 2 heterocycles. The van der Waals surface area contributed by atoms with E-state index in [9.17, 15) is 14.4 Å². The molecular formula is C20H20N4O2S. The molecule has 7 heteroatoms. The number of anilines is 1. The van der Waals surface area contributed by atoms with Crippen LogP contribution < -0.4 is 9.84 Å². The van der Waals surface area contributed by atoms with Crippen LogP contribution in [0.15, 0.2) is 54.7 Å². The van der Waals surface area contributed by atoms with Crippen LogP contribution in [-0.4, -0.2) is 19.8 Å². The molecule has 1 atom stereocenters. The lowest BCUT2D eigenvalue weighted by molar-refractivity contribution is 0.420. The number of nitrogens with zero attached hydrogens (tertiary/aromatic N) is 3. The Morgan fingerprint density at radius 1 is 1.19 bits per heavy atom. The highest BCUT2D eigenvalue weighted by Crippen LogP contribution is 2.50. The SMILES string of the molecule is Cc1ccc([C@H]2CCS(O)(O)N(c3ccc4c(C#N)nccc4c3)N2)cc1. The molecule has 1 aliphatic heterocycles. The van der Waals surface area contributed by atoms with Gasteiger partial charge in [0, 0.05) is 11.6 Å². The summed E-state index contributed by atoms with van der Waals surface area (Å²) >= 11 is 0. The fourth-order valence-electron chi connectivity index (χ4n) is 3.32. The molecule has 0 radical (unpaired) electrons. The third-order valence-electron chi connectivity index (χ3n) is 4.81. The van der Waals surface area contributed by atoms with Crippen molar-refractivity contribution in [1.82, 2.24) is 10.4 Å². The summed E-state index contributed by atoms with van der Waals surface area (Å²) in [5, 5.41) is 10.8. The lowest BCUT2D eigenvalue weighted by Gasteiger charge is -2.50. The van der Waals surface area contributed by atoms with Gasteiger partial charge in [0.05, 0.1) is 17.5 Å². The number of pyridine rings is 1. The quantitative estimate of drug-likeness (QED) is 0.605. The molecule has 1 fully saturated rings. The summed E-state index contributed by atoms with van der Waals surface area (Å²) in [5.74, 6) is 0.288. The Labute approximate surface area is 159 Å². The van der Waals surface area contributed by atoms with Crippen LogP contribution in [0.4, 0.5) is 5.69 Å². The van der Waals surface area contributed by atoms with Crippen LogP contribution in [0.1, 0.15) is 29.3 Å². The number of aryl methyl sites for hydroxylation is 1. The number of nitrogens with one attached hydrogen (secondary N) is 1. The standard InChI is InChI=1S/C20H20N4O2S/c1-14-2-4-15(5-3-14)19-9-11-27(25,26)24(23-19)17-6-7-18-16(12-17)8-10-22-20(18)13-21/h2-8,10,12,19,23,25-26H,9,11H2,1H3/t19-/m1/s1. The third-order valence-corrected chi connectivity index (χ3v) is 6.50. The van der Waals surface area contributed by atoms with Gasteiger partial charge in [-0.2, -0.15) is 5.26 Å². The highest BCUT2D eigenvalue weighted by molar-refractivity contribution is 8.25. The number of hydrogen-bond acceptors (Lipinski definition) is 6. The monoisotopic (exact) mass is 380 g/mol. The van der Waals surface area contributed by atoms with Crippen LogP contribution in [0.5, 0.6) is 0 Å². The van der Waals surface area contributed by atoms with E-state index in [1.165, 1.54) is 9.98 Å². The molecule has 0 amide bonds. The summed E-state index contributed by atoms with van der Waals surface area (Å²) in [6.07, 6.45) is 2.22. The number of nitriles is 1. The van der Waals surface area contributed by atoms with Crippen molar-refractivity contribution in [3.05, 3.63) is 71.5 Å². The van der Waals surface area contributed by atoms with Crippen LogP contribution in [0.3, 0.4) is 0 Å². The van der Waals surface area contributed by atoms with Crippen LogP contribution in [0, 0.1) is 18.3 Å². The lowest BCUT2D eigenvalue weighted by Crippen LogP contribution is -2.48. The number of hydrogen-bond donors (Lipinski definition) is 3. The van der Waals surface area contributed by atoms with E-state index in [1.54, 1.807) is 18.3 Å². The fraction of sp³-hybridized carbons (Fsp3) is 0.200. The minimum atomic E-state index is -2.97. The van der Waals surface area contributed by atoms with Crippen molar-refractivity contribution in [3.63, 3.8) is 0 Å². The first kappa shape index (κ1) is 17.8. The fourth-order valence-corrected chi connectivity index (χ4v) is 4.80. The molecule has 6 nitrogen and oxygen atoms in total. The van der Waals surface area contributed by atoms with Crippen molar-refractivity contribution in [3.8, 4) is 6.07 Å². The molecule has 2 aromatic carbocycles. The first-order valence-corrected chi connectivity index (χ1v) is 10.3. The highest BCUT2D eigenvalue weighted by Gasteiger charge is 2.32. The summed E-state index contributed by atoms with van der Waals surface area (Å²) in [6.45, 7) is 2.04. The predicted molar refractivity (Wildman–Crippen MR) is 108 cm³/mol. The maximum atomic E-state index is 10.6. The molecule has 1 aliphatic rings. The van der Waals surface area contributed by atoms with Gasteiger partial charge < -0.3 is 0 Å². The Hall–Kier alpha value is -2.63. The third kappa shape index (κ3) is 3.36. The molecule has 27 heavy (non-hydrogen) atoms. The Balaban J connectivity index is 1.70. The Bertz CT molecular complexity index is 1030. The maximum absolute atomic E-state index is 10.6. The number of benzene rings is 2. The molecule has 0 unspecified atom stereocenters. The van der Waals surface area contributed by atoms with Crippen LogP contribution in [-0.2, 0) is 0 Å². The second-order valence-electron chi connectivity index (χ2n) is 6.69. The Morgan fingerprint density at radius 3 is 2.70 bits per heavy atom. The van der Waals surface area contributed by atoms with Gasteiger partial charge in [0.25, 0.3) is 0 Å². The van der Waals surface area contributed by atoms with E-state index in [2.05, 4.69) is 40.7 Å². The van der Waals surface area contributed by atoms with E-state index in [-0.39, 0.29) is 11.8 Å². The Morgan fingerprint density at radius 2 is 1.96 bits per heavy atom. The number of rotatable bonds is 2. The van der Waals surface area contributed by atoms with Gasteiger partial charge in [-0.25, -0.2) is 14.8 Å². The predicted octanol–water partition coefficient (Wildman–Crippen LogP) is 4.54. The van der Waals surface area contributed by atoms with Gasteiger partial charge in [-0.05, 0) is 48.6 Å². The summed E-state index contributed by atoms with van der Waals surface area (Å²) in [7, 11) is -2.97. The van der Waals surface area contributed by atoms with Gasteiger partial charge >= 0.3 is 0 Å². The van der Waals surface area contributed by atoms with Gasteiger partial charge in [0.1, 0.15) is 11.8 Å². The van der Waals surface area contributed by atoms with Crippen molar-refractivity contribution in [1.29, 1.82) is 5.26 Å². The summed E-state index contributed by atoms with van der Waals surface area (Å²) < 4.78 is 22.7. The molecule has 0 spiro atoms. The van der Waals surface area contributed by atoms with Crippen molar-refractivity contribution in [2.45, 2.75) is 19.4 Å². The zero-order valence-electron chi connectivity index (χ0n) is 14.8. The summed E-state index contributed by atoms with van der Waals surface area (Å²) in [4.78, 5) is 4.07. The minimum absolute atomic E-state index is 0.00617. The molecule has 4 rings (SSSR count). The first-order valence-electron chi connectivity index (χ1n) is 8.66. The van der Waals surface area contributed by atoms with Crippen LogP contribution >= 0.6 is 10.8 Å². The van der Waals surface area contributed by atoms with E-state index in [1.807, 2.05) is 19.1 Å². The number of aromatic nitrogens is 1. The molecule has 1 saturated heterocycles. The second kappa shape index (κ2) is 6.83. The molecule has 3 aromatic rings. The van der Waals surface area contributed by atoms with E-state index in [0.29, 0.717) is 17.8 Å². The van der Waals surface area contributed by atoms with E-state index < -0.39 is 10.8 Å². The molecule has 0 bridgehead atoms. The van der Waals surface area contributed by atoms with E-state index in [4.69, 9.17) is 0 Å². The average Bonchev–Trinajstić information content (AvgIpc) is 2.67. The highest BCUT2D eigenvalue weighted by atomic mass is 32.3. The maximum Gasteiger partial charge on any atom is 0.148 e. The number of hydrazine groups is 1. The molecule has 0 saturated carbocycles. The first-order chi connectivity index (χ1) is 13.0. The van der Waals surface area contributed by atoms with Crippen molar-refractivity contribution < 1.29 is 9.11 Å². The molecular weight excluding hydrogens is 360 g/mol. The van der Waals surface area contributed by atoms with Gasteiger partial charge in [-0.1, -0.05) is 29.8 Å². The van der Waals surface area contributed by atoms with Crippen LogP contribution in [0.2, 0.25) is 0 Å². The molecule has 3 N–H and O–H groups in total. The van der Waals surface area contributed by atoms with Crippen LogP contribution in [0.25, 0.3) is 10.8 Å². The normalized spacial score (nSPS) is 20.2. The van der Waals surface area contributed by atoms with Gasteiger partial charge in [0.2, 0.25) is 0 Å². The molecule has 1 aromatic heterocycles. The summed E-state index contributed by atoms with van der Waals surface area (Å²) in [5.41, 5.74) is 6.58. The molecule has 138 valence electrons. The average molecular weight is 380 g/mol. The van der Waals surface area contributed by atoms with E-state index >= 15 is 0 Å². The zero-order chi connectivity index (χ0) is 19.0. The Kier molecular flexibility index (Phi) is 4.50. The lowest BCUT2D eigenvalue weighted by atomic mass is 10.0. The topological polar surface area (TPSA) is 92.4 Å². The van der Waals surface area contributed by atoms with Crippen molar-refractivity contribution in [2.24, 2.45) is 0 Å². The van der Waals surface area contributed by atoms with E-state index in [0.717, 1.165) is 16.3 Å². The van der Waals surface area contributed by atoms with Crippen molar-refractivity contribution >= 4 is 27.2 Å². The second-order valence-corrected chi connectivity index (χ2v) is 8.73. The minimum Gasteiger partial charge on any atom is -0.281 e. The van der Waals surface area contributed by atoms with Gasteiger partial charge in [-0.15, -0.1) is 10.8 Å². The largest absolute Gasteiger partial charge is 0.281 e. The van der Waals surface area contributed by atoms with Gasteiger partial charge in [0.15, 0.2) is 0 Å². The summed E-state index contributed by atoms with van der Waals surface area (Å²) in [6, 6.07) is 17.5. The van der Waals surface area contributed by atoms with Gasteiger partial charge in [-0.3, -0.25) is 9.11 Å². The smallest absolute Gasteiger partial charge is 0.148 e. The molecule has 0 aliphatic carbocycles. The van der Waals surface area contributed by atoms with Crippen molar-refractivity contribution in [2.75, 3.05) is 10.2 Å².